The van der Waals surface area contributed by atoms with Crippen molar-refractivity contribution in [1.29, 1.82) is 0 Å². The van der Waals surface area contributed by atoms with E-state index in [1.165, 1.54) is 11.1 Å². The highest BCUT2D eigenvalue weighted by atomic mass is 15.2. The minimum absolute atomic E-state index is 0.289. The van der Waals surface area contributed by atoms with Crippen molar-refractivity contribution in [3.63, 3.8) is 0 Å². The van der Waals surface area contributed by atoms with Gasteiger partial charge in [0.15, 0.2) is 0 Å². The van der Waals surface area contributed by atoms with Gasteiger partial charge in [-0.05, 0) is 12.0 Å². The molecule has 1 aromatic carbocycles. The van der Waals surface area contributed by atoms with Gasteiger partial charge in [-0.1, -0.05) is 38.1 Å². The summed E-state index contributed by atoms with van der Waals surface area (Å²) in [6.45, 7) is 4.24. The molecule has 3 heteroatoms. The second-order valence-corrected chi connectivity index (χ2v) is 4.19. The largest absolute Gasteiger partial charge is 0.385 e. The van der Waals surface area contributed by atoms with Crippen LogP contribution in [0.15, 0.2) is 34.5 Å². The van der Waals surface area contributed by atoms with E-state index in [0.717, 1.165) is 18.6 Å². The maximum absolute atomic E-state index is 5.73. The van der Waals surface area contributed by atoms with Crippen LogP contribution in [0.25, 0.3) is 0 Å². The molecular weight excluding hydrogens is 198 g/mol. The van der Waals surface area contributed by atoms with Gasteiger partial charge in [-0.15, -0.1) is 5.10 Å². The summed E-state index contributed by atoms with van der Waals surface area (Å²) in [6.07, 6.45) is 1.90. The fraction of sp³-hybridized carbons (Fsp3) is 0.385. The first-order valence-electron chi connectivity index (χ1n) is 5.70. The smallest absolute Gasteiger partial charge is 0.125 e. The summed E-state index contributed by atoms with van der Waals surface area (Å²) < 4.78 is 0. The van der Waals surface area contributed by atoms with Gasteiger partial charge in [0, 0.05) is 17.9 Å². The Morgan fingerprint density at radius 3 is 2.75 bits per heavy atom. The van der Waals surface area contributed by atoms with E-state index in [2.05, 4.69) is 42.2 Å². The van der Waals surface area contributed by atoms with Gasteiger partial charge in [0.1, 0.15) is 5.84 Å². The molecule has 2 N–H and O–H groups in total. The van der Waals surface area contributed by atoms with Crippen molar-refractivity contribution in [2.45, 2.75) is 26.7 Å². The van der Waals surface area contributed by atoms with E-state index in [-0.39, 0.29) is 5.92 Å². The minimum Gasteiger partial charge on any atom is -0.385 e. The van der Waals surface area contributed by atoms with Crippen LogP contribution in [0.5, 0.6) is 0 Å². The minimum atomic E-state index is 0.289. The second kappa shape index (κ2) is 4.47. The molecule has 0 radical (unpaired) electrons. The Bertz CT molecular complexity index is 446. The fourth-order valence-electron chi connectivity index (χ4n) is 1.93. The van der Waals surface area contributed by atoms with Crippen LogP contribution in [0, 0.1) is 5.92 Å². The third-order valence-electron chi connectivity index (χ3n) is 3.00. The van der Waals surface area contributed by atoms with Crippen LogP contribution in [0.1, 0.15) is 31.4 Å². The van der Waals surface area contributed by atoms with Gasteiger partial charge in [0.05, 0.1) is 5.71 Å². The van der Waals surface area contributed by atoms with Gasteiger partial charge in [-0.2, -0.15) is 5.10 Å². The number of rotatable bonds is 2. The number of amidine groups is 1. The number of hydrogen-bond donors (Lipinski definition) is 1. The Hall–Kier alpha value is -1.64. The first kappa shape index (κ1) is 10.9. The highest BCUT2D eigenvalue weighted by Crippen LogP contribution is 2.19. The van der Waals surface area contributed by atoms with Crippen LogP contribution in [0.2, 0.25) is 0 Å². The Labute approximate surface area is 96.1 Å². The third-order valence-corrected chi connectivity index (χ3v) is 3.00. The summed E-state index contributed by atoms with van der Waals surface area (Å²) in [6, 6.07) is 8.36. The van der Waals surface area contributed by atoms with Gasteiger partial charge in [-0.3, -0.25) is 0 Å². The lowest BCUT2D eigenvalue weighted by Gasteiger charge is -2.17. The molecule has 1 unspecified atom stereocenters. The van der Waals surface area contributed by atoms with Gasteiger partial charge < -0.3 is 5.73 Å². The molecule has 2 rings (SSSR count). The Morgan fingerprint density at radius 1 is 1.31 bits per heavy atom. The van der Waals surface area contributed by atoms with E-state index in [4.69, 9.17) is 5.73 Å². The zero-order valence-electron chi connectivity index (χ0n) is 9.77. The highest BCUT2D eigenvalue weighted by Gasteiger charge is 2.18. The molecule has 1 aromatic rings. The Kier molecular flexibility index (Phi) is 3.04. The summed E-state index contributed by atoms with van der Waals surface area (Å²) in [5.74, 6) is 0.926. The molecule has 0 aromatic heterocycles. The van der Waals surface area contributed by atoms with Crippen LogP contribution >= 0.6 is 0 Å². The quantitative estimate of drug-likeness (QED) is 0.808. The van der Waals surface area contributed by atoms with Crippen LogP contribution in [0.4, 0.5) is 0 Å². The number of nitrogens with two attached hydrogens (primary N) is 1. The number of aryl methyl sites for hydroxylation is 1. The molecule has 0 saturated heterocycles. The first-order chi connectivity index (χ1) is 7.72. The van der Waals surface area contributed by atoms with E-state index in [1.54, 1.807) is 0 Å². The average molecular weight is 215 g/mol. The van der Waals surface area contributed by atoms with Crippen LogP contribution < -0.4 is 5.73 Å². The second-order valence-electron chi connectivity index (χ2n) is 4.19. The van der Waals surface area contributed by atoms with Gasteiger partial charge in [0.25, 0.3) is 0 Å². The predicted molar refractivity (Wildman–Crippen MR) is 67.8 cm³/mol. The van der Waals surface area contributed by atoms with Crippen LogP contribution in [-0.4, -0.2) is 11.5 Å². The van der Waals surface area contributed by atoms with Gasteiger partial charge in [-0.25, -0.2) is 0 Å². The van der Waals surface area contributed by atoms with Crippen molar-refractivity contribution in [3.05, 3.63) is 35.4 Å². The maximum atomic E-state index is 5.73. The van der Waals surface area contributed by atoms with Crippen molar-refractivity contribution in [2.75, 3.05) is 0 Å². The Balaban J connectivity index is 2.38. The summed E-state index contributed by atoms with van der Waals surface area (Å²) in [4.78, 5) is 0. The van der Waals surface area contributed by atoms with Gasteiger partial charge >= 0.3 is 0 Å². The summed E-state index contributed by atoms with van der Waals surface area (Å²) in [5, 5.41) is 8.25. The zero-order chi connectivity index (χ0) is 11.5. The van der Waals surface area contributed by atoms with E-state index < -0.39 is 0 Å². The van der Waals surface area contributed by atoms with E-state index in [0.29, 0.717) is 5.84 Å². The molecule has 0 amide bonds. The third kappa shape index (κ3) is 1.98. The molecule has 1 aliphatic heterocycles. The fourth-order valence-corrected chi connectivity index (χ4v) is 1.93. The molecular formula is C13H17N3. The normalized spacial score (nSPS) is 20.2. The standard InChI is InChI=1S/C13H17N3/c1-3-10-6-4-5-7-11(10)12-8-9(2)13(14)16-15-12/h4-7,9H,3,8H2,1-2H3,(H2,14,16). The molecule has 0 bridgehead atoms. The molecule has 3 nitrogen and oxygen atoms in total. The highest BCUT2D eigenvalue weighted by molar-refractivity contribution is 6.05. The molecule has 1 aliphatic rings. The number of hydrogen-bond acceptors (Lipinski definition) is 3. The molecule has 1 heterocycles. The van der Waals surface area contributed by atoms with Gasteiger partial charge in [0.2, 0.25) is 0 Å². The lowest BCUT2D eigenvalue weighted by molar-refractivity contribution is 0.778. The molecule has 16 heavy (non-hydrogen) atoms. The van der Waals surface area contributed by atoms with Crippen molar-refractivity contribution in [2.24, 2.45) is 21.9 Å². The predicted octanol–water partition coefficient (Wildman–Crippen LogP) is 2.35. The molecule has 1 atom stereocenters. The summed E-state index contributed by atoms with van der Waals surface area (Å²) in [7, 11) is 0. The van der Waals surface area contributed by atoms with Crippen molar-refractivity contribution in [1.82, 2.24) is 0 Å². The zero-order valence-corrected chi connectivity index (χ0v) is 9.77. The number of benzene rings is 1. The first-order valence-corrected chi connectivity index (χ1v) is 5.70. The van der Waals surface area contributed by atoms with E-state index in [9.17, 15) is 0 Å². The van der Waals surface area contributed by atoms with Crippen LogP contribution in [-0.2, 0) is 6.42 Å². The van der Waals surface area contributed by atoms with E-state index >= 15 is 0 Å². The monoisotopic (exact) mass is 215 g/mol. The van der Waals surface area contributed by atoms with E-state index in [1.807, 2.05) is 6.07 Å². The van der Waals surface area contributed by atoms with Crippen molar-refractivity contribution < 1.29 is 0 Å². The average Bonchev–Trinajstić information content (AvgIpc) is 2.32. The lowest BCUT2D eigenvalue weighted by atomic mass is 9.93. The molecule has 0 aliphatic carbocycles. The molecule has 0 saturated carbocycles. The molecule has 0 fully saturated rings. The van der Waals surface area contributed by atoms with Crippen molar-refractivity contribution >= 4 is 11.5 Å². The maximum Gasteiger partial charge on any atom is 0.125 e. The summed E-state index contributed by atoms with van der Waals surface area (Å²) >= 11 is 0. The number of nitrogens with zero attached hydrogens (tertiary/aromatic N) is 2. The Morgan fingerprint density at radius 2 is 2.06 bits per heavy atom. The summed E-state index contributed by atoms with van der Waals surface area (Å²) in [5.41, 5.74) is 9.33. The molecule has 84 valence electrons. The molecule has 0 spiro atoms. The van der Waals surface area contributed by atoms with Crippen LogP contribution in [0.3, 0.4) is 0 Å². The topological polar surface area (TPSA) is 50.7 Å². The lowest BCUT2D eigenvalue weighted by Crippen LogP contribution is -2.27. The SMILES string of the molecule is CCc1ccccc1C1=NN=C(N)C(C)C1. The van der Waals surface area contributed by atoms with Crippen molar-refractivity contribution in [3.8, 4) is 0 Å².